The summed E-state index contributed by atoms with van der Waals surface area (Å²) in [6.45, 7) is 2.55. The number of hydrogen-bond acceptors (Lipinski definition) is 3. The molecule has 1 aromatic rings. The molecule has 20 heavy (non-hydrogen) atoms. The molecule has 6 heteroatoms. The van der Waals surface area contributed by atoms with E-state index in [-0.39, 0.29) is 0 Å². The predicted molar refractivity (Wildman–Crippen MR) is 76.1 cm³/mol. The third-order valence-corrected chi connectivity index (χ3v) is 2.70. The second-order valence-corrected chi connectivity index (χ2v) is 4.36. The van der Waals surface area contributed by atoms with Gasteiger partial charge in [0.15, 0.2) is 0 Å². The molecule has 0 radical (unpaired) electrons. The van der Waals surface area contributed by atoms with Crippen LogP contribution in [0.4, 0.5) is 5.69 Å². The van der Waals surface area contributed by atoms with Crippen LogP contribution in [0.15, 0.2) is 24.3 Å². The SMILES string of the molecule is CCCCCNC(=O)C(=O)Nc1ccc(C(N)=O)cc1. The number of carbonyl (C=O) groups excluding carboxylic acids is 3. The van der Waals surface area contributed by atoms with Gasteiger partial charge in [-0.3, -0.25) is 14.4 Å². The van der Waals surface area contributed by atoms with Crippen molar-refractivity contribution in [1.82, 2.24) is 5.32 Å². The Hall–Kier alpha value is -2.37. The highest BCUT2D eigenvalue weighted by molar-refractivity contribution is 6.39. The van der Waals surface area contributed by atoms with Gasteiger partial charge in [0.2, 0.25) is 5.91 Å². The Kier molecular flexibility index (Phi) is 6.22. The summed E-state index contributed by atoms with van der Waals surface area (Å²) >= 11 is 0. The van der Waals surface area contributed by atoms with Crippen LogP contribution in [0.3, 0.4) is 0 Å². The first-order valence-corrected chi connectivity index (χ1v) is 6.53. The van der Waals surface area contributed by atoms with Crippen molar-refractivity contribution in [3.05, 3.63) is 29.8 Å². The molecular formula is C14H19N3O3. The van der Waals surface area contributed by atoms with E-state index in [4.69, 9.17) is 5.73 Å². The number of nitrogens with one attached hydrogen (secondary N) is 2. The predicted octanol–water partition coefficient (Wildman–Crippen LogP) is 1.03. The summed E-state index contributed by atoms with van der Waals surface area (Å²) in [7, 11) is 0. The largest absolute Gasteiger partial charge is 0.366 e. The van der Waals surface area contributed by atoms with E-state index in [0.717, 1.165) is 19.3 Å². The van der Waals surface area contributed by atoms with Gasteiger partial charge in [0, 0.05) is 17.8 Å². The van der Waals surface area contributed by atoms with Gasteiger partial charge in [-0.1, -0.05) is 19.8 Å². The van der Waals surface area contributed by atoms with Crippen LogP contribution in [0.1, 0.15) is 36.5 Å². The van der Waals surface area contributed by atoms with Crippen LogP contribution in [0, 0.1) is 0 Å². The molecule has 0 aliphatic carbocycles. The Bertz CT molecular complexity index is 483. The normalized spacial score (nSPS) is 9.85. The van der Waals surface area contributed by atoms with Crippen molar-refractivity contribution in [1.29, 1.82) is 0 Å². The highest BCUT2D eigenvalue weighted by atomic mass is 16.2. The number of hydrogen-bond donors (Lipinski definition) is 3. The molecule has 1 rings (SSSR count). The second-order valence-electron chi connectivity index (χ2n) is 4.36. The standard InChI is InChI=1S/C14H19N3O3/c1-2-3-4-9-16-13(19)14(20)17-11-7-5-10(6-8-11)12(15)18/h5-8H,2-4,9H2,1H3,(H2,15,18)(H,16,19)(H,17,20). The van der Waals surface area contributed by atoms with E-state index in [0.29, 0.717) is 17.8 Å². The summed E-state index contributed by atoms with van der Waals surface area (Å²) in [5, 5.41) is 4.99. The topological polar surface area (TPSA) is 101 Å². The molecule has 3 amide bonds. The average Bonchev–Trinajstić information content (AvgIpc) is 2.44. The number of anilines is 1. The molecule has 0 unspecified atom stereocenters. The molecule has 0 aromatic heterocycles. The zero-order chi connectivity index (χ0) is 15.0. The van der Waals surface area contributed by atoms with Crippen LogP contribution < -0.4 is 16.4 Å². The molecule has 0 aliphatic rings. The van der Waals surface area contributed by atoms with Crippen molar-refractivity contribution >= 4 is 23.4 Å². The smallest absolute Gasteiger partial charge is 0.313 e. The Labute approximate surface area is 117 Å². The summed E-state index contributed by atoms with van der Waals surface area (Å²) in [4.78, 5) is 34.0. The Balaban J connectivity index is 2.44. The van der Waals surface area contributed by atoms with E-state index in [1.54, 1.807) is 0 Å². The van der Waals surface area contributed by atoms with Crippen molar-refractivity contribution in [3.8, 4) is 0 Å². The molecule has 0 spiro atoms. The van der Waals surface area contributed by atoms with Crippen LogP contribution in [0.5, 0.6) is 0 Å². The van der Waals surface area contributed by atoms with Gasteiger partial charge in [0.1, 0.15) is 0 Å². The first kappa shape index (κ1) is 15.7. The lowest BCUT2D eigenvalue weighted by Crippen LogP contribution is -2.35. The second kappa shape index (κ2) is 7.93. The van der Waals surface area contributed by atoms with E-state index in [1.807, 2.05) is 0 Å². The maximum atomic E-state index is 11.6. The molecule has 0 fully saturated rings. The molecule has 108 valence electrons. The third-order valence-electron chi connectivity index (χ3n) is 2.70. The molecule has 0 bridgehead atoms. The maximum absolute atomic E-state index is 11.6. The summed E-state index contributed by atoms with van der Waals surface area (Å²) in [6.07, 6.45) is 2.91. The minimum atomic E-state index is -0.728. The monoisotopic (exact) mass is 277 g/mol. The lowest BCUT2D eigenvalue weighted by Gasteiger charge is -2.06. The van der Waals surface area contributed by atoms with Crippen LogP contribution in [-0.4, -0.2) is 24.3 Å². The quantitative estimate of drug-likeness (QED) is 0.534. The van der Waals surface area contributed by atoms with Crippen LogP contribution in [0.25, 0.3) is 0 Å². The molecular weight excluding hydrogens is 258 g/mol. The molecule has 0 heterocycles. The summed E-state index contributed by atoms with van der Waals surface area (Å²) in [5.74, 6) is -1.94. The molecule has 0 atom stereocenters. The molecule has 1 aromatic carbocycles. The van der Waals surface area contributed by atoms with Crippen LogP contribution in [-0.2, 0) is 9.59 Å². The van der Waals surface area contributed by atoms with Crippen molar-refractivity contribution in [3.63, 3.8) is 0 Å². The lowest BCUT2D eigenvalue weighted by molar-refractivity contribution is -0.136. The van der Waals surface area contributed by atoms with Gasteiger partial charge in [-0.15, -0.1) is 0 Å². The van der Waals surface area contributed by atoms with E-state index in [2.05, 4.69) is 17.6 Å². The lowest BCUT2D eigenvalue weighted by atomic mass is 10.2. The van der Waals surface area contributed by atoms with Crippen molar-refractivity contribution in [2.45, 2.75) is 26.2 Å². The fourth-order valence-corrected chi connectivity index (χ4v) is 1.56. The number of primary amides is 1. The maximum Gasteiger partial charge on any atom is 0.313 e. The van der Waals surface area contributed by atoms with Crippen molar-refractivity contribution in [2.75, 3.05) is 11.9 Å². The van der Waals surface area contributed by atoms with Gasteiger partial charge in [0.05, 0.1) is 0 Å². The van der Waals surface area contributed by atoms with Crippen molar-refractivity contribution < 1.29 is 14.4 Å². The Morgan fingerprint density at radius 3 is 2.25 bits per heavy atom. The first-order valence-electron chi connectivity index (χ1n) is 6.53. The number of benzene rings is 1. The van der Waals surface area contributed by atoms with E-state index < -0.39 is 17.7 Å². The minimum absolute atomic E-state index is 0.340. The number of nitrogens with two attached hydrogens (primary N) is 1. The van der Waals surface area contributed by atoms with Gasteiger partial charge in [-0.25, -0.2) is 0 Å². The van der Waals surface area contributed by atoms with Crippen LogP contribution >= 0.6 is 0 Å². The number of carbonyl (C=O) groups is 3. The van der Waals surface area contributed by atoms with Crippen LogP contribution in [0.2, 0.25) is 0 Å². The van der Waals surface area contributed by atoms with Gasteiger partial charge in [-0.2, -0.15) is 0 Å². The minimum Gasteiger partial charge on any atom is -0.366 e. The third kappa shape index (κ3) is 5.09. The van der Waals surface area contributed by atoms with Gasteiger partial charge < -0.3 is 16.4 Å². The zero-order valence-corrected chi connectivity index (χ0v) is 11.4. The fraction of sp³-hybridized carbons (Fsp3) is 0.357. The molecule has 0 saturated heterocycles. The highest BCUT2D eigenvalue weighted by Gasteiger charge is 2.12. The highest BCUT2D eigenvalue weighted by Crippen LogP contribution is 2.08. The fourth-order valence-electron chi connectivity index (χ4n) is 1.56. The van der Waals surface area contributed by atoms with Gasteiger partial charge in [-0.05, 0) is 30.7 Å². The van der Waals surface area contributed by atoms with E-state index in [1.165, 1.54) is 24.3 Å². The molecule has 4 N–H and O–H groups in total. The molecule has 6 nitrogen and oxygen atoms in total. The summed E-state index contributed by atoms with van der Waals surface area (Å²) in [5.41, 5.74) is 5.88. The molecule has 0 aliphatic heterocycles. The number of unbranched alkanes of at least 4 members (excludes halogenated alkanes) is 2. The summed E-state index contributed by atoms with van der Waals surface area (Å²) in [6, 6.07) is 6.00. The Morgan fingerprint density at radius 2 is 1.70 bits per heavy atom. The average molecular weight is 277 g/mol. The van der Waals surface area contributed by atoms with Crippen molar-refractivity contribution in [2.24, 2.45) is 5.73 Å². The summed E-state index contributed by atoms with van der Waals surface area (Å²) < 4.78 is 0. The number of rotatable bonds is 6. The van der Waals surface area contributed by atoms with E-state index >= 15 is 0 Å². The van der Waals surface area contributed by atoms with Gasteiger partial charge in [0.25, 0.3) is 0 Å². The number of amides is 3. The molecule has 0 saturated carbocycles. The van der Waals surface area contributed by atoms with E-state index in [9.17, 15) is 14.4 Å². The van der Waals surface area contributed by atoms with Gasteiger partial charge >= 0.3 is 11.8 Å². The Morgan fingerprint density at radius 1 is 1.05 bits per heavy atom. The zero-order valence-electron chi connectivity index (χ0n) is 11.4. The first-order chi connectivity index (χ1) is 9.54.